The van der Waals surface area contributed by atoms with Gasteiger partial charge in [-0.15, -0.1) is 5.10 Å². The average molecular weight is 571 g/mol. The number of aryl methyl sites for hydroxylation is 1. The highest BCUT2D eigenvalue weighted by Gasteiger charge is 2.55. The lowest BCUT2D eigenvalue weighted by molar-refractivity contribution is -0.189. The van der Waals surface area contributed by atoms with Crippen LogP contribution in [0.2, 0.25) is 0 Å². The van der Waals surface area contributed by atoms with Gasteiger partial charge in [-0.2, -0.15) is 11.8 Å². The summed E-state index contributed by atoms with van der Waals surface area (Å²) in [4.78, 5) is 24.4. The van der Waals surface area contributed by atoms with Crippen molar-refractivity contribution in [3.63, 3.8) is 0 Å². The van der Waals surface area contributed by atoms with Gasteiger partial charge >= 0.3 is 6.03 Å². The van der Waals surface area contributed by atoms with Crippen LogP contribution in [0.4, 0.5) is 10.6 Å². The number of ether oxygens (including phenoxy) is 3. The van der Waals surface area contributed by atoms with E-state index in [9.17, 15) is 4.79 Å². The molecule has 7 atom stereocenters. The summed E-state index contributed by atoms with van der Waals surface area (Å²) in [5.74, 6) is 0.630. The van der Waals surface area contributed by atoms with Gasteiger partial charge in [0.25, 0.3) is 0 Å². The van der Waals surface area contributed by atoms with Crippen molar-refractivity contribution in [1.29, 1.82) is 0 Å². The molecule has 4 aliphatic heterocycles. The van der Waals surface area contributed by atoms with E-state index >= 15 is 0 Å². The Kier molecular flexibility index (Phi) is 6.56. The number of fused-ring (bicyclic) bond motifs is 3. The van der Waals surface area contributed by atoms with Gasteiger partial charge in [0.05, 0.1) is 37.2 Å². The van der Waals surface area contributed by atoms with Crippen molar-refractivity contribution in [3.05, 3.63) is 24.5 Å². The fourth-order valence-corrected chi connectivity index (χ4v) is 7.86. The van der Waals surface area contributed by atoms with Crippen molar-refractivity contribution < 1.29 is 19.0 Å². The number of anilines is 1. The van der Waals surface area contributed by atoms with Crippen molar-refractivity contribution in [2.75, 3.05) is 11.5 Å². The zero-order valence-electron chi connectivity index (χ0n) is 22.5. The molecule has 2 unspecified atom stereocenters. The van der Waals surface area contributed by atoms with Crippen LogP contribution in [0.3, 0.4) is 0 Å². The number of nitrogens with zero attached hydrogens (tertiary/aromatic N) is 7. The summed E-state index contributed by atoms with van der Waals surface area (Å²) < 4.78 is 22.8. The number of aromatic nitrogens is 7. The van der Waals surface area contributed by atoms with Crippen LogP contribution >= 0.6 is 11.8 Å². The minimum Gasteiger partial charge on any atom is -0.382 e. The Morgan fingerprint density at radius 2 is 1.95 bits per heavy atom. The number of nitrogen functional groups attached to an aromatic ring is 1. The van der Waals surface area contributed by atoms with Crippen molar-refractivity contribution in [1.82, 2.24) is 45.1 Å². The Morgan fingerprint density at radius 1 is 1.12 bits per heavy atom. The van der Waals surface area contributed by atoms with Crippen molar-refractivity contribution >= 4 is 34.8 Å². The molecule has 0 spiro atoms. The van der Waals surface area contributed by atoms with Gasteiger partial charge in [-0.25, -0.2) is 24.4 Å². The monoisotopic (exact) mass is 570 g/mol. The molecule has 0 aromatic carbocycles. The minimum absolute atomic E-state index is 0.0334. The van der Waals surface area contributed by atoms with E-state index in [1.54, 1.807) is 6.33 Å². The highest BCUT2D eigenvalue weighted by molar-refractivity contribution is 8.00. The van der Waals surface area contributed by atoms with E-state index in [-0.39, 0.29) is 42.5 Å². The van der Waals surface area contributed by atoms with Crippen LogP contribution in [0.25, 0.3) is 11.2 Å². The molecule has 40 heavy (non-hydrogen) atoms. The summed E-state index contributed by atoms with van der Waals surface area (Å²) in [6.07, 6.45) is 8.21. The maximum Gasteiger partial charge on any atom is 0.315 e. The van der Waals surface area contributed by atoms with Gasteiger partial charge in [0.15, 0.2) is 17.3 Å². The van der Waals surface area contributed by atoms with Crippen LogP contribution in [-0.2, 0) is 33.7 Å². The van der Waals surface area contributed by atoms with E-state index in [0.29, 0.717) is 35.3 Å². The highest BCUT2D eigenvalue weighted by atomic mass is 32.2. The van der Waals surface area contributed by atoms with Crippen LogP contribution in [0.5, 0.6) is 0 Å². The maximum absolute atomic E-state index is 11.6. The zero-order valence-corrected chi connectivity index (χ0v) is 23.3. The molecular formula is C25H34N10O4S. The summed E-state index contributed by atoms with van der Waals surface area (Å²) in [6, 6.07) is 0.489. The number of amides is 2. The van der Waals surface area contributed by atoms with E-state index in [1.165, 1.54) is 6.33 Å². The molecule has 14 nitrogen and oxygen atoms in total. The SMILES string of the molecule is CC1(C)O[C@@H]2C(Cn3cnc4c(N)ncnc43)OC(Cn3cc(CCCC[C@@H]4SC[C@@H]5NC(=O)N[C@@H]54)nn3)[C@@H]2O1. The van der Waals surface area contributed by atoms with E-state index < -0.39 is 5.79 Å². The number of carbonyl (C=O) groups excluding carboxylic acids is 1. The van der Waals surface area contributed by atoms with Crippen LogP contribution in [0.15, 0.2) is 18.9 Å². The molecule has 2 amide bonds. The Labute approximate surface area is 235 Å². The molecule has 15 heteroatoms. The van der Waals surface area contributed by atoms with Crippen LogP contribution in [-0.4, -0.2) is 93.8 Å². The summed E-state index contributed by atoms with van der Waals surface area (Å²) in [6.45, 7) is 4.86. The highest BCUT2D eigenvalue weighted by Crippen LogP contribution is 2.40. The van der Waals surface area contributed by atoms with E-state index in [2.05, 4.69) is 35.9 Å². The van der Waals surface area contributed by atoms with Crippen LogP contribution in [0, 0.1) is 0 Å². The van der Waals surface area contributed by atoms with Gasteiger partial charge in [-0.05, 0) is 33.1 Å². The van der Waals surface area contributed by atoms with Crippen molar-refractivity contribution in [2.24, 2.45) is 0 Å². The lowest BCUT2D eigenvalue weighted by atomic mass is 10.0. The predicted octanol–water partition coefficient (Wildman–Crippen LogP) is 0.866. The molecule has 7 rings (SSSR count). The normalized spacial score (nSPS) is 32.4. The van der Waals surface area contributed by atoms with E-state index in [0.717, 1.165) is 37.1 Å². The summed E-state index contributed by atoms with van der Waals surface area (Å²) in [5, 5.41) is 15.3. The van der Waals surface area contributed by atoms with Gasteiger partial charge in [0, 0.05) is 17.2 Å². The third-order valence-electron chi connectivity index (χ3n) is 8.12. The average Bonchev–Trinajstić information content (AvgIpc) is 3.74. The number of hydrogen-bond acceptors (Lipinski definition) is 11. The van der Waals surface area contributed by atoms with Gasteiger partial charge in [0.2, 0.25) is 0 Å². The second-order valence-corrected chi connectivity index (χ2v) is 12.7. The van der Waals surface area contributed by atoms with Crippen molar-refractivity contribution in [2.45, 2.75) is 100 Å². The minimum atomic E-state index is -0.707. The summed E-state index contributed by atoms with van der Waals surface area (Å²) in [7, 11) is 0. The van der Waals surface area contributed by atoms with Crippen LogP contribution < -0.4 is 16.4 Å². The fourth-order valence-electron chi connectivity index (χ4n) is 6.31. The molecule has 214 valence electrons. The number of thioether (sulfide) groups is 1. The predicted molar refractivity (Wildman–Crippen MR) is 145 cm³/mol. The maximum atomic E-state index is 11.6. The zero-order chi connectivity index (χ0) is 27.4. The first-order valence-corrected chi connectivity index (χ1v) is 14.9. The third kappa shape index (κ3) is 4.88. The number of imidazole rings is 1. The molecule has 4 fully saturated rings. The molecule has 4 N–H and O–H groups in total. The number of hydrogen-bond donors (Lipinski definition) is 3. The van der Waals surface area contributed by atoms with Crippen LogP contribution in [0.1, 0.15) is 38.8 Å². The molecule has 7 heterocycles. The Morgan fingerprint density at radius 3 is 2.80 bits per heavy atom. The first-order valence-electron chi connectivity index (χ1n) is 13.8. The van der Waals surface area contributed by atoms with Gasteiger partial charge < -0.3 is 35.1 Å². The molecule has 4 saturated heterocycles. The van der Waals surface area contributed by atoms with Gasteiger partial charge in [-0.3, -0.25) is 0 Å². The topological polar surface area (TPSA) is 169 Å². The smallest absolute Gasteiger partial charge is 0.315 e. The first-order chi connectivity index (χ1) is 19.3. The lowest BCUT2D eigenvalue weighted by Gasteiger charge is -2.24. The number of nitrogens with one attached hydrogen (secondary N) is 2. The van der Waals surface area contributed by atoms with Gasteiger partial charge in [-0.1, -0.05) is 11.6 Å². The molecule has 0 radical (unpaired) electrons. The Bertz CT molecular complexity index is 1400. The first kappa shape index (κ1) is 25.9. The number of urea groups is 1. The van der Waals surface area contributed by atoms with E-state index in [4.69, 9.17) is 19.9 Å². The summed E-state index contributed by atoms with van der Waals surface area (Å²) >= 11 is 1.95. The molecule has 0 bridgehead atoms. The van der Waals surface area contributed by atoms with Gasteiger partial charge in [0.1, 0.15) is 36.3 Å². The van der Waals surface area contributed by atoms with Crippen molar-refractivity contribution in [3.8, 4) is 0 Å². The number of nitrogens with two attached hydrogens (primary N) is 1. The number of unbranched alkanes of at least 4 members (excludes halogenated alkanes) is 1. The summed E-state index contributed by atoms with van der Waals surface area (Å²) in [5.41, 5.74) is 8.16. The Hall–Kier alpha value is -3.01. The number of rotatable bonds is 9. The van der Waals surface area contributed by atoms with E-state index in [1.807, 2.05) is 41.1 Å². The molecule has 3 aromatic rings. The Balaban J connectivity index is 0.955. The largest absolute Gasteiger partial charge is 0.382 e. The molecule has 3 aromatic heterocycles. The lowest BCUT2D eigenvalue weighted by Crippen LogP contribution is -2.36. The third-order valence-corrected chi connectivity index (χ3v) is 9.62. The molecule has 0 saturated carbocycles. The molecular weight excluding hydrogens is 536 g/mol. The second-order valence-electron chi connectivity index (χ2n) is 11.4. The number of carbonyl (C=O) groups is 1. The quantitative estimate of drug-likeness (QED) is 0.246. The molecule has 4 aliphatic rings. The molecule has 0 aliphatic carbocycles. The fraction of sp³-hybridized carbons (Fsp3) is 0.680. The second kappa shape index (κ2) is 10.1. The standard InChI is InChI=1S/C25H34N10O4S/c1-25(2)38-20-15(8-34-12-29-19-22(26)27-11-28-23(19)34)37-16(21(20)39-25)9-35-7-13(32-33-35)5-3-4-6-17-18-14(10-40-17)30-24(36)31-18/h7,11-12,14-18,20-21H,3-6,8-10H2,1-2H3,(H2,26,27,28)(H2,30,31,36)/t14-,15?,16?,17-,18-,20+,21-/m0/s1.